The van der Waals surface area contributed by atoms with Crippen molar-refractivity contribution in [3.8, 4) is 5.75 Å². The number of aliphatic carboxylic acids is 1. The van der Waals surface area contributed by atoms with Crippen LogP contribution in [-0.2, 0) is 16.0 Å². The number of nitrogens with two attached hydrogens (primary N) is 1. The molecule has 0 spiro atoms. The van der Waals surface area contributed by atoms with Crippen LogP contribution in [0.2, 0.25) is 0 Å². The number of nitrogens with zero attached hydrogens (tertiary/aromatic N) is 1. The van der Waals surface area contributed by atoms with Crippen LogP contribution in [0.15, 0.2) is 48.5 Å². The van der Waals surface area contributed by atoms with E-state index in [9.17, 15) is 14.4 Å². The van der Waals surface area contributed by atoms with Gasteiger partial charge in [0.1, 0.15) is 11.2 Å². The molecule has 1 aliphatic rings. The van der Waals surface area contributed by atoms with Crippen molar-refractivity contribution in [2.24, 2.45) is 11.1 Å². The summed E-state index contributed by atoms with van der Waals surface area (Å²) in [6, 6.07) is 14.1. The Bertz CT molecular complexity index is 1120. The van der Waals surface area contributed by atoms with Crippen LogP contribution in [0.4, 0.5) is 4.79 Å². The van der Waals surface area contributed by atoms with Gasteiger partial charge in [-0.2, -0.15) is 0 Å². The minimum absolute atomic E-state index is 0.0486. The fourth-order valence-electron chi connectivity index (χ4n) is 4.52. The third kappa shape index (κ3) is 8.29. The number of urea groups is 1. The van der Waals surface area contributed by atoms with Gasteiger partial charge in [-0.05, 0) is 63.3 Å². The van der Waals surface area contributed by atoms with E-state index in [1.807, 2.05) is 45.0 Å². The van der Waals surface area contributed by atoms with Crippen LogP contribution in [0.1, 0.15) is 83.0 Å². The zero-order valence-electron chi connectivity index (χ0n) is 24.6. The summed E-state index contributed by atoms with van der Waals surface area (Å²) in [5, 5.41) is 20.3. The Morgan fingerprint density at radius 1 is 1.07 bits per heavy atom. The standard InChI is InChI=1S/C27H34N2O5.C4H11NO/c1-5-8-22(20-13-9-18(4)10-14-20)28-26(33)29-24(32)27(6-2,7-3)25(29)34-21-15-11-19(12-16-21)17-23(30)31;1-4(2,5)3-6/h9-16,22,25H,5-8,17H2,1-4H3,(H,28,33)(H,30,31);6H,3,5H2,1-2H3/t22-,25+;/m1./s1. The number of aliphatic hydroxyl groups excluding tert-OH is 1. The Balaban J connectivity index is 0.000000840. The Labute approximate surface area is 237 Å². The lowest BCUT2D eigenvalue weighted by Crippen LogP contribution is -2.73. The molecule has 9 nitrogen and oxygen atoms in total. The highest BCUT2D eigenvalue weighted by Gasteiger charge is 2.63. The maximum atomic E-state index is 13.3. The summed E-state index contributed by atoms with van der Waals surface area (Å²) in [5.74, 6) is -0.659. The highest BCUT2D eigenvalue weighted by Crippen LogP contribution is 2.46. The molecule has 0 aliphatic carbocycles. The predicted octanol–water partition coefficient (Wildman–Crippen LogP) is 4.94. The first-order chi connectivity index (χ1) is 18.8. The Hall–Kier alpha value is -3.43. The molecular weight excluding hydrogens is 510 g/mol. The van der Waals surface area contributed by atoms with E-state index in [4.69, 9.17) is 20.7 Å². The zero-order valence-corrected chi connectivity index (χ0v) is 24.6. The van der Waals surface area contributed by atoms with Crippen LogP contribution in [0.3, 0.4) is 0 Å². The molecule has 1 saturated heterocycles. The molecule has 1 heterocycles. The minimum Gasteiger partial charge on any atom is -0.481 e. The van der Waals surface area contributed by atoms with Crippen molar-refractivity contribution >= 4 is 17.9 Å². The maximum absolute atomic E-state index is 13.3. The topological polar surface area (TPSA) is 142 Å². The second-order valence-corrected chi connectivity index (χ2v) is 11.1. The number of hydrogen-bond acceptors (Lipinski definition) is 6. The molecule has 0 aromatic heterocycles. The highest BCUT2D eigenvalue weighted by atomic mass is 16.5. The molecule has 0 unspecified atom stereocenters. The number of carboxylic acid groups (broad SMARTS) is 1. The average Bonchev–Trinajstić information content (AvgIpc) is 2.90. The number of β-lactam (4-membered cyclic amide) rings is 1. The molecule has 2 aromatic rings. The molecule has 5 N–H and O–H groups in total. The summed E-state index contributed by atoms with van der Waals surface area (Å²) in [6.07, 6.45) is 1.90. The number of amides is 3. The number of nitrogens with one attached hydrogen (secondary N) is 1. The number of likely N-dealkylation sites (tertiary alicyclic amines) is 1. The van der Waals surface area contributed by atoms with E-state index in [2.05, 4.69) is 12.2 Å². The molecule has 0 saturated carbocycles. The average molecular weight is 556 g/mol. The Morgan fingerprint density at radius 3 is 2.08 bits per heavy atom. The molecule has 2 atom stereocenters. The summed E-state index contributed by atoms with van der Waals surface area (Å²) in [5.41, 5.74) is 6.89. The first kappa shape index (κ1) is 32.8. The van der Waals surface area contributed by atoms with Crippen molar-refractivity contribution in [3.05, 3.63) is 65.2 Å². The number of benzene rings is 2. The summed E-state index contributed by atoms with van der Waals surface area (Å²) >= 11 is 0. The number of aliphatic hydroxyl groups is 1. The molecule has 3 rings (SSSR count). The fraction of sp³-hybridized carbons (Fsp3) is 0.516. The first-order valence-electron chi connectivity index (χ1n) is 13.9. The Morgan fingerprint density at radius 2 is 1.62 bits per heavy atom. The van der Waals surface area contributed by atoms with Gasteiger partial charge in [-0.1, -0.05) is 69.2 Å². The van der Waals surface area contributed by atoms with Crippen molar-refractivity contribution in [2.75, 3.05) is 6.61 Å². The number of hydrogen-bond donors (Lipinski definition) is 4. The van der Waals surface area contributed by atoms with Crippen LogP contribution < -0.4 is 15.8 Å². The van der Waals surface area contributed by atoms with Gasteiger partial charge in [0.15, 0.2) is 6.23 Å². The van der Waals surface area contributed by atoms with Crippen molar-refractivity contribution in [1.82, 2.24) is 10.2 Å². The van der Waals surface area contributed by atoms with Crippen molar-refractivity contribution in [2.45, 2.75) is 91.5 Å². The molecule has 2 aromatic carbocycles. The third-order valence-electron chi connectivity index (χ3n) is 7.12. The monoisotopic (exact) mass is 555 g/mol. The SMILES string of the molecule is CC(C)(N)CO.CCC[C@@H](NC(=O)N1C(=O)C(CC)(CC)[C@@H]1Oc1ccc(CC(=O)O)cc1)c1ccc(C)cc1. The third-order valence-corrected chi connectivity index (χ3v) is 7.12. The van der Waals surface area contributed by atoms with E-state index in [0.717, 1.165) is 24.0 Å². The molecule has 40 heavy (non-hydrogen) atoms. The maximum Gasteiger partial charge on any atom is 0.327 e. The predicted molar refractivity (Wildman–Crippen MR) is 155 cm³/mol. The fourth-order valence-corrected chi connectivity index (χ4v) is 4.52. The number of imide groups is 1. The smallest absolute Gasteiger partial charge is 0.327 e. The number of carbonyl (C=O) groups is 3. The summed E-state index contributed by atoms with van der Waals surface area (Å²) in [6.45, 7) is 11.5. The Kier molecular flexibility index (Phi) is 11.7. The molecule has 9 heteroatoms. The highest BCUT2D eigenvalue weighted by molar-refractivity contribution is 6.03. The molecule has 0 bridgehead atoms. The minimum atomic E-state index is -0.910. The van der Waals surface area contributed by atoms with E-state index in [1.54, 1.807) is 38.1 Å². The quantitative estimate of drug-likeness (QED) is 0.288. The van der Waals surface area contributed by atoms with Crippen molar-refractivity contribution in [1.29, 1.82) is 0 Å². The van der Waals surface area contributed by atoms with Gasteiger partial charge in [0.2, 0.25) is 5.91 Å². The van der Waals surface area contributed by atoms with Gasteiger partial charge in [-0.3, -0.25) is 9.59 Å². The van der Waals surface area contributed by atoms with E-state index in [-0.39, 0.29) is 25.0 Å². The number of carboxylic acids is 1. The molecule has 0 radical (unpaired) electrons. The second-order valence-electron chi connectivity index (χ2n) is 11.1. The van der Waals surface area contributed by atoms with Gasteiger partial charge < -0.3 is 26.0 Å². The van der Waals surface area contributed by atoms with Gasteiger partial charge in [0.25, 0.3) is 0 Å². The van der Waals surface area contributed by atoms with E-state index in [1.165, 1.54) is 4.90 Å². The first-order valence-corrected chi connectivity index (χ1v) is 13.9. The van der Waals surface area contributed by atoms with Crippen molar-refractivity contribution in [3.63, 3.8) is 0 Å². The number of carbonyl (C=O) groups excluding carboxylic acids is 2. The normalized spacial score (nSPS) is 16.8. The van der Waals surface area contributed by atoms with Gasteiger partial charge in [0.05, 0.1) is 19.1 Å². The molecule has 220 valence electrons. The van der Waals surface area contributed by atoms with Gasteiger partial charge in [-0.15, -0.1) is 0 Å². The largest absolute Gasteiger partial charge is 0.481 e. The molecule has 1 fully saturated rings. The number of aryl methyl sites for hydroxylation is 1. The summed E-state index contributed by atoms with van der Waals surface area (Å²) in [7, 11) is 0. The number of rotatable bonds is 11. The van der Waals surface area contributed by atoms with Crippen molar-refractivity contribution < 1.29 is 29.3 Å². The van der Waals surface area contributed by atoms with Crippen LogP contribution >= 0.6 is 0 Å². The zero-order chi connectivity index (χ0) is 30.1. The number of ether oxygens (including phenoxy) is 1. The van der Waals surface area contributed by atoms with E-state index < -0.39 is 29.2 Å². The lowest BCUT2D eigenvalue weighted by atomic mass is 9.72. The second kappa shape index (κ2) is 14.3. The summed E-state index contributed by atoms with van der Waals surface area (Å²) in [4.78, 5) is 38.6. The van der Waals surface area contributed by atoms with Gasteiger partial charge in [-0.25, -0.2) is 9.69 Å². The summed E-state index contributed by atoms with van der Waals surface area (Å²) < 4.78 is 6.17. The molecule has 3 amide bonds. The molecular formula is C31H45N3O6. The van der Waals surface area contributed by atoms with Gasteiger partial charge in [0, 0.05) is 5.54 Å². The molecule has 1 aliphatic heterocycles. The van der Waals surface area contributed by atoms with Crippen LogP contribution in [0.5, 0.6) is 5.75 Å². The lowest BCUT2D eigenvalue weighted by molar-refractivity contribution is -0.191. The van der Waals surface area contributed by atoms with E-state index in [0.29, 0.717) is 24.2 Å². The van der Waals surface area contributed by atoms with E-state index >= 15 is 0 Å². The van der Waals surface area contributed by atoms with Crippen LogP contribution in [-0.4, -0.2) is 51.4 Å². The van der Waals surface area contributed by atoms with Crippen LogP contribution in [0, 0.1) is 12.3 Å². The lowest BCUT2D eigenvalue weighted by Gasteiger charge is -2.53. The van der Waals surface area contributed by atoms with Gasteiger partial charge >= 0.3 is 12.0 Å². The van der Waals surface area contributed by atoms with Crippen LogP contribution in [0.25, 0.3) is 0 Å².